The summed E-state index contributed by atoms with van der Waals surface area (Å²) in [4.78, 5) is 76.4. The molecule has 4 aliphatic rings. The van der Waals surface area contributed by atoms with Crippen molar-refractivity contribution in [2.75, 3.05) is 13.7 Å². The summed E-state index contributed by atoms with van der Waals surface area (Å²) in [5, 5.41) is 13.1. The monoisotopic (exact) mass is 727 g/mol. The molecular weight excluding hydrogens is 674 g/mol. The second-order valence-electron chi connectivity index (χ2n) is 16.4. The first-order valence-corrected chi connectivity index (χ1v) is 18.9. The topological polar surface area (TPSA) is 156 Å². The summed E-state index contributed by atoms with van der Waals surface area (Å²) in [6.45, 7) is 11.5. The quantitative estimate of drug-likeness (QED) is 0.261. The lowest BCUT2D eigenvalue weighted by atomic mass is 9.85. The van der Waals surface area contributed by atoms with Gasteiger partial charge in [-0.05, 0) is 79.7 Å². The summed E-state index contributed by atoms with van der Waals surface area (Å²) in [7, 11) is 1.63. The van der Waals surface area contributed by atoms with Gasteiger partial charge in [0, 0.05) is 30.4 Å². The summed E-state index contributed by atoms with van der Waals surface area (Å²) in [5.41, 5.74) is 2.78. The van der Waals surface area contributed by atoms with Crippen LogP contribution in [-0.4, -0.2) is 83.4 Å². The highest BCUT2D eigenvalue weighted by Gasteiger charge is 2.56. The molecule has 0 aromatic heterocycles. The van der Waals surface area contributed by atoms with Gasteiger partial charge >= 0.3 is 0 Å². The van der Waals surface area contributed by atoms with Gasteiger partial charge in [0.2, 0.25) is 23.5 Å². The first-order chi connectivity index (χ1) is 25.1. The third-order valence-electron chi connectivity index (χ3n) is 10.9. The van der Waals surface area contributed by atoms with E-state index in [9.17, 15) is 24.0 Å². The van der Waals surface area contributed by atoms with Gasteiger partial charge in [0.25, 0.3) is 5.91 Å². The highest BCUT2D eigenvalue weighted by atomic mass is 16.7. The van der Waals surface area contributed by atoms with Crippen LogP contribution in [0.4, 0.5) is 0 Å². The van der Waals surface area contributed by atoms with Gasteiger partial charge in [0.05, 0.1) is 25.4 Å². The molecule has 284 valence electrons. The molecule has 2 aliphatic heterocycles. The van der Waals surface area contributed by atoms with Gasteiger partial charge in [-0.3, -0.25) is 24.0 Å². The number of hydrogen-bond acceptors (Lipinski definition) is 8. The van der Waals surface area contributed by atoms with Crippen LogP contribution in [-0.2, 0) is 28.8 Å². The molecule has 0 bridgehead atoms. The van der Waals surface area contributed by atoms with Crippen molar-refractivity contribution in [1.82, 2.24) is 20.9 Å². The van der Waals surface area contributed by atoms with Crippen molar-refractivity contribution < 1.29 is 33.5 Å². The van der Waals surface area contributed by atoms with Crippen molar-refractivity contribution in [3.63, 3.8) is 0 Å². The lowest BCUT2D eigenvalue weighted by Crippen LogP contribution is -2.59. The number of rotatable bonds is 13. The molecule has 3 N–H and O–H groups in total. The Hall–Kier alpha value is -4.74. The van der Waals surface area contributed by atoms with Gasteiger partial charge in [-0.15, -0.1) is 0 Å². The Balaban J connectivity index is 1.25. The number of methoxy groups -OCH3 is 1. The number of oxime groups is 1. The van der Waals surface area contributed by atoms with E-state index in [1.807, 2.05) is 84.0 Å². The number of hydrogen-bond donors (Lipinski definition) is 3. The molecule has 1 spiro atoms. The molecule has 6 atom stereocenters. The van der Waals surface area contributed by atoms with Gasteiger partial charge < -0.3 is 30.4 Å². The SMILES string of the molecule is CCC[C@H](NC(=O)[C@@H]1C[C@]2(CC(c3cc(C)c(OC)c(C)c3)=NO2)CN1C(=O)[C@@H](NC(=O)[C@H]1CC1c1ccccc1)C(C)(C)C)C(=O)C(=O)NC1CC1. The fourth-order valence-electron chi connectivity index (χ4n) is 7.81. The zero-order chi connectivity index (χ0) is 38.2. The van der Waals surface area contributed by atoms with E-state index in [0.29, 0.717) is 25.0 Å². The third-order valence-corrected chi connectivity index (χ3v) is 10.9. The van der Waals surface area contributed by atoms with Gasteiger partial charge in [0.1, 0.15) is 17.8 Å². The fraction of sp³-hybridized carbons (Fsp3) is 0.561. The minimum absolute atomic E-state index is 0.0117. The van der Waals surface area contributed by atoms with Gasteiger partial charge in [-0.25, -0.2) is 0 Å². The molecule has 2 aromatic rings. The van der Waals surface area contributed by atoms with Crippen molar-refractivity contribution in [2.24, 2.45) is 16.5 Å². The van der Waals surface area contributed by atoms with Crippen LogP contribution in [0.3, 0.4) is 0 Å². The Morgan fingerprint density at radius 3 is 2.30 bits per heavy atom. The van der Waals surface area contributed by atoms with Crippen LogP contribution >= 0.6 is 0 Å². The van der Waals surface area contributed by atoms with Gasteiger partial charge in [0.15, 0.2) is 5.60 Å². The van der Waals surface area contributed by atoms with E-state index in [2.05, 4.69) is 21.1 Å². The number of likely N-dealkylation sites (tertiary alicyclic amines) is 1. The smallest absolute Gasteiger partial charge is 0.289 e. The minimum Gasteiger partial charge on any atom is -0.496 e. The van der Waals surface area contributed by atoms with Crippen molar-refractivity contribution in [2.45, 2.75) is 122 Å². The molecule has 2 aromatic carbocycles. The molecule has 1 unspecified atom stereocenters. The standard InChI is InChI=1S/C41H53N5O7/c1-8-12-30(33(47)38(50)42-27-15-16-27)43-37(49)32-21-41(20-31(45-53-41)26-17-23(2)34(52-7)24(3)18-26)22-46(32)39(51)35(40(4,5)6)44-36(48)29-19-28(29)25-13-10-9-11-14-25/h9-11,13-14,17-18,27-30,32,35H,8,12,15-16,19-22H2,1-7H3,(H,42,50)(H,43,49)(H,44,48)/t28?,29-,30-,32-,35+,41+/m0/s1. The summed E-state index contributed by atoms with van der Waals surface area (Å²) in [6.07, 6.45) is 3.59. The number of Topliss-reactive ketones (excluding diaryl/α,β-unsaturated/α-hetero) is 1. The van der Waals surface area contributed by atoms with E-state index in [4.69, 9.17) is 9.57 Å². The summed E-state index contributed by atoms with van der Waals surface area (Å²) in [6, 6.07) is 10.8. The minimum atomic E-state index is -1.05. The lowest BCUT2D eigenvalue weighted by molar-refractivity contribution is -0.145. The maximum Gasteiger partial charge on any atom is 0.289 e. The molecule has 12 heteroatoms. The van der Waals surface area contributed by atoms with Crippen molar-refractivity contribution in [1.29, 1.82) is 0 Å². The number of amides is 4. The van der Waals surface area contributed by atoms with Gasteiger partial charge in [-0.1, -0.05) is 69.6 Å². The molecule has 2 aliphatic carbocycles. The Morgan fingerprint density at radius 2 is 1.70 bits per heavy atom. The molecule has 0 radical (unpaired) electrons. The fourth-order valence-corrected chi connectivity index (χ4v) is 7.81. The molecule has 53 heavy (non-hydrogen) atoms. The van der Waals surface area contributed by atoms with Crippen LogP contribution in [0.5, 0.6) is 5.75 Å². The third kappa shape index (κ3) is 8.26. The van der Waals surface area contributed by atoms with Crippen LogP contribution < -0.4 is 20.7 Å². The maximum atomic E-state index is 14.8. The largest absolute Gasteiger partial charge is 0.496 e. The van der Waals surface area contributed by atoms with Crippen LogP contribution in [0.1, 0.15) is 101 Å². The summed E-state index contributed by atoms with van der Waals surface area (Å²) in [5.74, 6) is -1.99. The normalized spacial score (nSPS) is 24.5. The first-order valence-electron chi connectivity index (χ1n) is 18.9. The van der Waals surface area contributed by atoms with E-state index in [1.54, 1.807) is 7.11 Å². The molecule has 2 heterocycles. The van der Waals surface area contributed by atoms with E-state index in [1.165, 1.54) is 4.90 Å². The van der Waals surface area contributed by atoms with Crippen LogP contribution in [0, 0.1) is 25.2 Å². The highest BCUT2D eigenvalue weighted by Crippen LogP contribution is 2.48. The number of benzene rings is 2. The molecule has 6 rings (SSSR count). The number of carbonyl (C=O) groups is 5. The number of aryl methyl sites for hydroxylation is 2. The van der Waals surface area contributed by atoms with Crippen LogP contribution in [0.15, 0.2) is 47.6 Å². The summed E-state index contributed by atoms with van der Waals surface area (Å²) >= 11 is 0. The Kier molecular flexibility index (Phi) is 10.7. The average molecular weight is 728 g/mol. The average Bonchev–Trinajstić information content (AvgIpc) is 4.04. The number of carbonyl (C=O) groups excluding carboxylic acids is 5. The molecule has 1 saturated heterocycles. The zero-order valence-electron chi connectivity index (χ0n) is 31.9. The predicted octanol–water partition coefficient (Wildman–Crippen LogP) is 4.24. The van der Waals surface area contributed by atoms with Gasteiger partial charge in [-0.2, -0.15) is 0 Å². The highest BCUT2D eigenvalue weighted by molar-refractivity contribution is 6.38. The predicted molar refractivity (Wildman–Crippen MR) is 199 cm³/mol. The Labute approximate surface area is 311 Å². The molecule has 12 nitrogen and oxygen atoms in total. The number of nitrogens with zero attached hydrogens (tertiary/aromatic N) is 2. The molecule has 3 fully saturated rings. The maximum absolute atomic E-state index is 14.8. The van der Waals surface area contributed by atoms with E-state index >= 15 is 0 Å². The molecular formula is C41H53N5O7. The summed E-state index contributed by atoms with van der Waals surface area (Å²) < 4.78 is 5.56. The second kappa shape index (κ2) is 14.9. The number of ketones is 1. The van der Waals surface area contributed by atoms with Crippen molar-refractivity contribution in [3.8, 4) is 5.75 Å². The van der Waals surface area contributed by atoms with Crippen LogP contribution in [0.25, 0.3) is 0 Å². The molecule has 2 saturated carbocycles. The number of nitrogens with one attached hydrogen (secondary N) is 3. The number of ether oxygens (including phenoxy) is 1. The first kappa shape index (κ1) is 38.0. The zero-order valence-corrected chi connectivity index (χ0v) is 31.9. The van der Waals surface area contributed by atoms with E-state index < -0.39 is 52.6 Å². The Bertz CT molecular complexity index is 1780. The van der Waals surface area contributed by atoms with Crippen molar-refractivity contribution >= 4 is 35.1 Å². The molecule has 4 amide bonds. The second-order valence-corrected chi connectivity index (χ2v) is 16.4. The van der Waals surface area contributed by atoms with E-state index in [-0.39, 0.29) is 43.2 Å². The Morgan fingerprint density at radius 1 is 1.02 bits per heavy atom. The van der Waals surface area contributed by atoms with Crippen molar-refractivity contribution in [3.05, 3.63) is 64.7 Å². The van der Waals surface area contributed by atoms with E-state index in [0.717, 1.165) is 40.8 Å². The van der Waals surface area contributed by atoms with Crippen LogP contribution in [0.2, 0.25) is 0 Å². The lowest BCUT2D eigenvalue weighted by Gasteiger charge is -2.35.